The van der Waals surface area contributed by atoms with Gasteiger partial charge in [-0.25, -0.2) is 0 Å². The second-order valence-electron chi connectivity index (χ2n) is 8.31. The van der Waals surface area contributed by atoms with Gasteiger partial charge in [-0.15, -0.1) is 0 Å². The van der Waals surface area contributed by atoms with E-state index in [1.807, 2.05) is 6.07 Å². The van der Waals surface area contributed by atoms with E-state index in [1.165, 1.54) is 5.56 Å². The van der Waals surface area contributed by atoms with Gasteiger partial charge in [0.25, 0.3) is 0 Å². The summed E-state index contributed by atoms with van der Waals surface area (Å²) in [5, 5.41) is 2.29. The summed E-state index contributed by atoms with van der Waals surface area (Å²) < 4.78 is 20.9. The molecule has 0 fully saturated rings. The van der Waals surface area contributed by atoms with Crippen LogP contribution in [-0.4, -0.2) is 24.4 Å². The van der Waals surface area contributed by atoms with Crippen molar-refractivity contribution in [2.75, 3.05) is 14.2 Å². The minimum Gasteiger partial charge on any atom is -0.493 e. The molecule has 0 atom stereocenters. The van der Waals surface area contributed by atoms with Crippen LogP contribution >= 0.6 is 15.9 Å². The van der Waals surface area contributed by atoms with E-state index >= 15 is 0 Å². The lowest BCUT2D eigenvalue weighted by atomic mass is 10.00. The van der Waals surface area contributed by atoms with Crippen molar-refractivity contribution in [2.24, 2.45) is 0 Å². The van der Waals surface area contributed by atoms with E-state index < -0.39 is 0 Å². The molecule has 0 N–H and O–H groups in total. The van der Waals surface area contributed by atoms with Gasteiger partial charge >= 0.3 is 0 Å². The Kier molecular flexibility index (Phi) is 4.74. The number of fused-ring (bicyclic) bond motifs is 5. The second kappa shape index (κ2) is 7.34. The average molecular weight is 478 g/mol. The SMILES string of the molecule is COc1cc2c3ccc4c(c3n(Cc3ccccc3Br)c2cc1OC)C=CC(C)(C)O4. The van der Waals surface area contributed by atoms with Crippen molar-refractivity contribution in [1.82, 2.24) is 4.57 Å². The third-order valence-corrected chi connectivity index (χ3v) is 6.61. The first-order valence-corrected chi connectivity index (χ1v) is 11.0. The van der Waals surface area contributed by atoms with Crippen LogP contribution in [0.2, 0.25) is 0 Å². The Labute approximate surface area is 190 Å². The van der Waals surface area contributed by atoms with Gasteiger partial charge in [0.05, 0.1) is 25.3 Å². The standard InChI is InChI=1S/C26H24BrNO3/c1-26(2)12-11-18-22(31-26)10-9-17-19-13-23(29-3)24(30-4)14-21(19)28(25(17)18)15-16-7-5-6-8-20(16)27/h5-14H,15H2,1-4H3. The zero-order valence-electron chi connectivity index (χ0n) is 18.0. The zero-order chi connectivity index (χ0) is 21.8. The number of nitrogens with zero attached hydrogens (tertiary/aromatic N) is 1. The van der Waals surface area contributed by atoms with Crippen molar-refractivity contribution in [2.45, 2.75) is 26.0 Å². The summed E-state index contributed by atoms with van der Waals surface area (Å²) in [7, 11) is 3.34. The van der Waals surface area contributed by atoms with Gasteiger partial charge in [-0.1, -0.05) is 34.1 Å². The third-order valence-electron chi connectivity index (χ3n) is 5.84. The maximum absolute atomic E-state index is 6.28. The maximum Gasteiger partial charge on any atom is 0.162 e. The number of hydrogen-bond acceptors (Lipinski definition) is 3. The topological polar surface area (TPSA) is 32.6 Å². The average Bonchev–Trinajstić information content (AvgIpc) is 3.06. The van der Waals surface area contributed by atoms with Crippen molar-refractivity contribution < 1.29 is 14.2 Å². The molecular formula is C26H24BrNO3. The normalized spacial score (nSPS) is 14.5. The molecule has 2 heterocycles. The highest BCUT2D eigenvalue weighted by atomic mass is 79.9. The minimum absolute atomic E-state index is 0.327. The van der Waals surface area contributed by atoms with E-state index in [2.05, 4.69) is 89.0 Å². The van der Waals surface area contributed by atoms with Crippen LogP contribution in [0, 0.1) is 0 Å². The van der Waals surface area contributed by atoms with E-state index in [9.17, 15) is 0 Å². The number of ether oxygens (including phenoxy) is 3. The lowest BCUT2D eigenvalue weighted by molar-refractivity contribution is 0.159. The number of aromatic nitrogens is 1. The lowest BCUT2D eigenvalue weighted by Crippen LogP contribution is -2.27. The zero-order valence-corrected chi connectivity index (χ0v) is 19.6. The highest BCUT2D eigenvalue weighted by Gasteiger charge is 2.26. The quantitative estimate of drug-likeness (QED) is 0.323. The van der Waals surface area contributed by atoms with Gasteiger partial charge in [0.1, 0.15) is 11.4 Å². The molecule has 0 saturated heterocycles. The van der Waals surface area contributed by atoms with Crippen LogP contribution in [0.3, 0.4) is 0 Å². The van der Waals surface area contributed by atoms with Gasteiger partial charge in [-0.2, -0.15) is 0 Å². The summed E-state index contributed by atoms with van der Waals surface area (Å²) in [6.07, 6.45) is 4.31. The molecule has 4 nitrogen and oxygen atoms in total. The molecule has 3 aromatic carbocycles. The van der Waals surface area contributed by atoms with E-state index in [4.69, 9.17) is 14.2 Å². The number of rotatable bonds is 4. The Morgan fingerprint density at radius 1 is 0.968 bits per heavy atom. The molecule has 31 heavy (non-hydrogen) atoms. The van der Waals surface area contributed by atoms with E-state index in [0.717, 1.165) is 43.3 Å². The van der Waals surface area contributed by atoms with Crippen LogP contribution < -0.4 is 14.2 Å². The Morgan fingerprint density at radius 3 is 2.45 bits per heavy atom. The minimum atomic E-state index is -0.327. The Hall–Kier alpha value is -2.92. The Bertz CT molecular complexity index is 1350. The third kappa shape index (κ3) is 3.28. The highest BCUT2D eigenvalue weighted by Crippen LogP contribution is 2.43. The van der Waals surface area contributed by atoms with Gasteiger partial charge in [0.2, 0.25) is 0 Å². The first-order valence-electron chi connectivity index (χ1n) is 10.2. The van der Waals surface area contributed by atoms with E-state index in [-0.39, 0.29) is 5.60 Å². The van der Waals surface area contributed by atoms with Crippen molar-refractivity contribution >= 4 is 43.8 Å². The summed E-state index contributed by atoms with van der Waals surface area (Å²) in [4.78, 5) is 0. The molecule has 4 aromatic rings. The predicted molar refractivity (Wildman–Crippen MR) is 130 cm³/mol. The molecule has 0 saturated carbocycles. The molecule has 0 spiro atoms. The van der Waals surface area contributed by atoms with Crippen LogP contribution in [0.5, 0.6) is 17.2 Å². The molecule has 0 radical (unpaired) electrons. The Morgan fingerprint density at radius 2 is 1.71 bits per heavy atom. The van der Waals surface area contributed by atoms with Gasteiger partial charge in [0, 0.05) is 33.4 Å². The summed E-state index contributed by atoms with van der Waals surface area (Å²) in [6.45, 7) is 4.86. The first kappa shape index (κ1) is 20.0. The summed E-state index contributed by atoms with van der Waals surface area (Å²) in [5.41, 5.74) is 4.21. The smallest absolute Gasteiger partial charge is 0.162 e. The molecule has 1 aliphatic heterocycles. The fourth-order valence-electron chi connectivity index (χ4n) is 4.34. The molecule has 0 unspecified atom stereocenters. The molecule has 5 heteroatoms. The van der Waals surface area contributed by atoms with Crippen molar-refractivity contribution in [3.8, 4) is 17.2 Å². The summed E-state index contributed by atoms with van der Waals surface area (Å²) in [6, 6.07) is 16.7. The number of benzene rings is 3. The summed E-state index contributed by atoms with van der Waals surface area (Å²) in [5.74, 6) is 2.34. The molecule has 1 aromatic heterocycles. The van der Waals surface area contributed by atoms with Crippen molar-refractivity contribution in [3.63, 3.8) is 0 Å². The number of methoxy groups -OCH3 is 2. The number of hydrogen-bond donors (Lipinski definition) is 0. The van der Waals surface area contributed by atoms with Gasteiger partial charge in [-0.05, 0) is 55.8 Å². The summed E-state index contributed by atoms with van der Waals surface area (Å²) >= 11 is 3.71. The maximum atomic E-state index is 6.28. The molecule has 0 aliphatic carbocycles. The van der Waals surface area contributed by atoms with Crippen LogP contribution in [0.4, 0.5) is 0 Å². The van der Waals surface area contributed by atoms with Crippen LogP contribution in [0.25, 0.3) is 27.9 Å². The monoisotopic (exact) mass is 477 g/mol. The first-order chi connectivity index (χ1) is 14.9. The van der Waals surface area contributed by atoms with Gasteiger partial charge in [-0.3, -0.25) is 0 Å². The largest absolute Gasteiger partial charge is 0.493 e. The molecular weight excluding hydrogens is 454 g/mol. The van der Waals surface area contributed by atoms with Crippen LogP contribution in [0.1, 0.15) is 25.0 Å². The van der Waals surface area contributed by atoms with E-state index in [0.29, 0.717) is 12.3 Å². The fourth-order valence-corrected chi connectivity index (χ4v) is 4.75. The molecule has 1 aliphatic rings. The fraction of sp³-hybridized carbons (Fsp3) is 0.231. The second-order valence-corrected chi connectivity index (χ2v) is 9.17. The molecule has 0 amide bonds. The van der Waals surface area contributed by atoms with Gasteiger partial charge < -0.3 is 18.8 Å². The Balaban J connectivity index is 1.87. The van der Waals surface area contributed by atoms with Crippen LogP contribution in [0.15, 0.2) is 59.1 Å². The molecule has 158 valence electrons. The van der Waals surface area contributed by atoms with E-state index in [1.54, 1.807) is 14.2 Å². The number of halogens is 1. The predicted octanol–water partition coefficient (Wildman–Crippen LogP) is 6.81. The molecule has 5 rings (SSSR count). The lowest BCUT2D eigenvalue weighted by Gasteiger charge is -2.28. The highest BCUT2D eigenvalue weighted by molar-refractivity contribution is 9.10. The van der Waals surface area contributed by atoms with Crippen LogP contribution in [-0.2, 0) is 6.54 Å². The van der Waals surface area contributed by atoms with Crippen molar-refractivity contribution in [1.29, 1.82) is 0 Å². The molecule has 0 bridgehead atoms. The van der Waals surface area contributed by atoms with Gasteiger partial charge in [0.15, 0.2) is 11.5 Å². The van der Waals surface area contributed by atoms with Crippen molar-refractivity contribution in [3.05, 3.63) is 70.2 Å².